The summed E-state index contributed by atoms with van der Waals surface area (Å²) in [5, 5.41) is 2.66. The van der Waals surface area contributed by atoms with Crippen molar-refractivity contribution in [1.29, 1.82) is 0 Å². The van der Waals surface area contributed by atoms with Gasteiger partial charge in [0.2, 0.25) is 0 Å². The molecule has 0 bridgehead atoms. The van der Waals surface area contributed by atoms with Gasteiger partial charge in [0.25, 0.3) is 0 Å². The fourth-order valence-electron chi connectivity index (χ4n) is 6.30. The second-order valence-corrected chi connectivity index (χ2v) is 16.5. The van der Waals surface area contributed by atoms with E-state index in [1.54, 1.807) is 0 Å². The van der Waals surface area contributed by atoms with E-state index in [2.05, 4.69) is 133 Å². The van der Waals surface area contributed by atoms with E-state index >= 15 is 0 Å². The van der Waals surface area contributed by atoms with Gasteiger partial charge in [-0.1, -0.05) is 77.9 Å². The lowest BCUT2D eigenvalue weighted by Gasteiger charge is -2.24. The minimum Gasteiger partial charge on any atom is -0.338 e. The van der Waals surface area contributed by atoms with Gasteiger partial charge >= 0.3 is 0 Å². The topological polar surface area (TPSA) is 30.7 Å². The summed E-state index contributed by atoms with van der Waals surface area (Å²) in [7, 11) is 0. The Morgan fingerprint density at radius 2 is 1.22 bits per heavy atom. The van der Waals surface area contributed by atoms with Crippen molar-refractivity contribution in [2.24, 2.45) is 0 Å². The monoisotopic (exact) mass is 647 g/mol. The van der Waals surface area contributed by atoms with Gasteiger partial charge in [-0.2, -0.15) is 8.75 Å². The summed E-state index contributed by atoms with van der Waals surface area (Å²) >= 11 is 5.03. The molecule has 0 N–H and O–H groups in total. The molecule has 6 heteroatoms. The fraction of sp³-hybridized carbons (Fsp3) is 0.333. The summed E-state index contributed by atoms with van der Waals surface area (Å²) in [6, 6.07) is 28.0. The highest BCUT2D eigenvalue weighted by Gasteiger charge is 2.23. The van der Waals surface area contributed by atoms with Crippen LogP contribution in [0.1, 0.15) is 84.7 Å². The molecule has 0 saturated carbocycles. The highest BCUT2D eigenvalue weighted by atomic mass is 32.1. The molecule has 0 aliphatic heterocycles. The van der Waals surface area contributed by atoms with Crippen LogP contribution in [-0.4, -0.2) is 13.3 Å². The van der Waals surface area contributed by atoms with Crippen molar-refractivity contribution in [3.8, 4) is 31.3 Å². The van der Waals surface area contributed by atoms with Crippen LogP contribution in [0.2, 0.25) is 0 Å². The van der Waals surface area contributed by atoms with Crippen molar-refractivity contribution >= 4 is 67.2 Å². The molecule has 0 amide bonds. The Bertz CT molecular complexity index is 2180. The van der Waals surface area contributed by atoms with Crippen molar-refractivity contribution in [2.75, 3.05) is 0 Å². The van der Waals surface area contributed by atoms with Crippen LogP contribution in [0.3, 0.4) is 0 Å². The van der Waals surface area contributed by atoms with Gasteiger partial charge in [-0.15, -0.1) is 22.7 Å². The third kappa shape index (κ3) is 5.06. The van der Waals surface area contributed by atoms with E-state index in [4.69, 9.17) is 8.75 Å². The number of hydrogen-bond acceptors (Lipinski definition) is 5. The third-order valence-electron chi connectivity index (χ3n) is 9.98. The van der Waals surface area contributed by atoms with E-state index in [-0.39, 0.29) is 10.8 Å². The zero-order valence-corrected chi connectivity index (χ0v) is 29.9. The number of rotatable bonds is 8. The molecule has 0 spiro atoms. The largest absolute Gasteiger partial charge is 0.338 e. The molecule has 0 radical (unpaired) electrons. The number of thiophene rings is 2. The fourth-order valence-corrected chi connectivity index (χ4v) is 9.11. The first-order valence-electron chi connectivity index (χ1n) is 16.1. The van der Waals surface area contributed by atoms with Crippen LogP contribution in [0.4, 0.5) is 0 Å². The molecule has 4 heterocycles. The molecular weight excluding hydrogens is 607 g/mol. The van der Waals surface area contributed by atoms with Gasteiger partial charge in [0.1, 0.15) is 11.0 Å². The average Bonchev–Trinajstić information content (AvgIpc) is 3.85. The van der Waals surface area contributed by atoms with Crippen LogP contribution in [-0.2, 0) is 10.8 Å². The summed E-state index contributed by atoms with van der Waals surface area (Å²) < 4.78 is 12.1. The van der Waals surface area contributed by atoms with E-state index in [1.165, 1.54) is 69.7 Å². The van der Waals surface area contributed by atoms with Crippen molar-refractivity contribution < 1.29 is 0 Å². The molecule has 7 rings (SSSR count). The number of benzene rings is 3. The molecule has 7 aromatic rings. The SMILES string of the molecule is CCC(C)(C)c1ccc2c3ccc(-c4ccc(-c5ccc(-c6ccc(C(C)(C)CC)s6)c6nsnc56)s4)cc3n(C(C)C)c2c1. The normalized spacial score (nSPS) is 12.8. The molecule has 230 valence electrons. The molecule has 0 aliphatic rings. The second kappa shape index (κ2) is 11.2. The predicted molar refractivity (Wildman–Crippen MR) is 199 cm³/mol. The lowest BCUT2D eigenvalue weighted by atomic mass is 9.82. The van der Waals surface area contributed by atoms with Gasteiger partial charge < -0.3 is 4.57 Å². The molecule has 3 aromatic carbocycles. The first-order valence-corrected chi connectivity index (χ1v) is 18.4. The van der Waals surface area contributed by atoms with E-state index in [0.717, 1.165) is 29.4 Å². The van der Waals surface area contributed by atoms with Crippen LogP contribution >= 0.6 is 34.4 Å². The van der Waals surface area contributed by atoms with Gasteiger partial charge in [-0.05, 0) is 85.0 Å². The van der Waals surface area contributed by atoms with Gasteiger partial charge in [0.05, 0.1) is 11.7 Å². The minimum absolute atomic E-state index is 0.153. The maximum absolute atomic E-state index is 4.80. The Hall–Kier alpha value is -3.32. The quantitative estimate of drug-likeness (QED) is 0.164. The van der Waals surface area contributed by atoms with Gasteiger partial charge in [-0.25, -0.2) is 0 Å². The second-order valence-electron chi connectivity index (χ2n) is 13.9. The Balaban J connectivity index is 1.28. The average molecular weight is 648 g/mol. The molecular formula is C39H41N3S3. The molecule has 45 heavy (non-hydrogen) atoms. The zero-order valence-electron chi connectivity index (χ0n) is 27.5. The zero-order chi connectivity index (χ0) is 31.7. The van der Waals surface area contributed by atoms with E-state index in [1.807, 2.05) is 22.7 Å². The van der Waals surface area contributed by atoms with Crippen LogP contribution in [0.25, 0.3) is 64.2 Å². The van der Waals surface area contributed by atoms with Gasteiger partial charge in [0.15, 0.2) is 0 Å². The Labute approximate surface area is 278 Å². The highest BCUT2D eigenvalue weighted by molar-refractivity contribution is 7.19. The maximum atomic E-state index is 4.80. The smallest absolute Gasteiger partial charge is 0.114 e. The number of fused-ring (bicyclic) bond motifs is 4. The summed E-state index contributed by atoms with van der Waals surface area (Å²) in [5.74, 6) is 0. The molecule has 4 aromatic heterocycles. The van der Waals surface area contributed by atoms with Crippen LogP contribution in [0, 0.1) is 0 Å². The summed E-state index contributed by atoms with van der Waals surface area (Å²) in [5.41, 5.74) is 9.97. The van der Waals surface area contributed by atoms with Crippen molar-refractivity contribution in [1.82, 2.24) is 13.3 Å². The van der Waals surface area contributed by atoms with Gasteiger partial charge in [0, 0.05) is 58.5 Å². The highest BCUT2D eigenvalue weighted by Crippen LogP contribution is 2.44. The Morgan fingerprint density at radius 3 is 1.87 bits per heavy atom. The maximum Gasteiger partial charge on any atom is 0.114 e. The Kier molecular flexibility index (Phi) is 7.54. The lowest BCUT2D eigenvalue weighted by Crippen LogP contribution is -2.15. The minimum atomic E-state index is 0.153. The van der Waals surface area contributed by atoms with Crippen LogP contribution in [0.15, 0.2) is 72.8 Å². The summed E-state index contributed by atoms with van der Waals surface area (Å²) in [4.78, 5) is 5.18. The third-order valence-corrected chi connectivity index (χ3v) is 13.2. The van der Waals surface area contributed by atoms with E-state index < -0.39 is 0 Å². The molecule has 0 atom stereocenters. The molecule has 0 saturated heterocycles. The Morgan fingerprint density at radius 1 is 0.644 bits per heavy atom. The van der Waals surface area contributed by atoms with Crippen molar-refractivity contribution in [3.05, 3.63) is 83.2 Å². The molecule has 0 unspecified atom stereocenters. The van der Waals surface area contributed by atoms with Crippen LogP contribution < -0.4 is 0 Å². The van der Waals surface area contributed by atoms with Crippen molar-refractivity contribution in [2.45, 2.75) is 85.1 Å². The van der Waals surface area contributed by atoms with Crippen molar-refractivity contribution in [3.63, 3.8) is 0 Å². The molecule has 0 fully saturated rings. The van der Waals surface area contributed by atoms with E-state index in [9.17, 15) is 0 Å². The van der Waals surface area contributed by atoms with Crippen LogP contribution in [0.5, 0.6) is 0 Å². The lowest BCUT2D eigenvalue weighted by molar-refractivity contribution is 0.506. The predicted octanol–water partition coefficient (Wildman–Crippen LogP) is 12.9. The molecule has 3 nitrogen and oxygen atoms in total. The number of aromatic nitrogens is 3. The summed E-state index contributed by atoms with van der Waals surface area (Å²) in [6.07, 6.45) is 2.23. The number of nitrogens with zero attached hydrogens (tertiary/aromatic N) is 3. The number of hydrogen-bond donors (Lipinski definition) is 0. The van der Waals surface area contributed by atoms with E-state index in [0.29, 0.717) is 6.04 Å². The van der Waals surface area contributed by atoms with Gasteiger partial charge in [-0.3, -0.25) is 0 Å². The first-order chi connectivity index (χ1) is 21.5. The standard InChI is InChI=1S/C39H41N3S3/c1-9-38(5,6)25-12-14-27-26-13-11-24(21-30(26)42(23(3)4)31(27)22-25)32-17-18-33(43-32)28-15-16-29(37-36(28)40-45-41-37)34-19-20-35(44-34)39(7,8)10-2/h11-23H,9-10H2,1-8H3. The first kappa shape index (κ1) is 30.3. The summed E-state index contributed by atoms with van der Waals surface area (Å²) in [6.45, 7) is 18.5. The molecule has 0 aliphatic carbocycles.